The molecule has 2 heterocycles. The van der Waals surface area contributed by atoms with Crippen LogP contribution in [0.1, 0.15) is 24.8 Å². The number of carbonyl (C=O) groups excluding carboxylic acids is 1. The molecule has 0 N–H and O–H groups in total. The number of benzene rings is 2. The average Bonchev–Trinajstić information content (AvgIpc) is 3.17. The van der Waals surface area contributed by atoms with Crippen LogP contribution in [0.3, 0.4) is 0 Å². The topological polar surface area (TPSA) is 51.7 Å². The van der Waals surface area contributed by atoms with E-state index in [4.69, 9.17) is 9.47 Å². The zero-order valence-electron chi connectivity index (χ0n) is 17.3. The summed E-state index contributed by atoms with van der Waals surface area (Å²) in [5.41, 5.74) is 2.18. The maximum atomic E-state index is 12.5. The molecule has 0 spiro atoms. The van der Waals surface area contributed by atoms with Gasteiger partial charge in [0.2, 0.25) is 5.91 Å². The van der Waals surface area contributed by atoms with Gasteiger partial charge in [0.25, 0.3) is 5.19 Å². The Kier molecular flexibility index (Phi) is 6.79. The van der Waals surface area contributed by atoms with Crippen LogP contribution >= 0.6 is 23.1 Å². The molecule has 4 rings (SSSR count). The monoisotopic (exact) mass is 442 g/mol. The van der Waals surface area contributed by atoms with E-state index in [2.05, 4.69) is 36.2 Å². The molecule has 2 aromatic carbocycles. The van der Waals surface area contributed by atoms with Crippen molar-refractivity contribution in [3.8, 4) is 10.9 Å². The molecule has 1 amide bonds. The highest BCUT2D eigenvalue weighted by atomic mass is 32.2. The summed E-state index contributed by atoms with van der Waals surface area (Å²) < 4.78 is 12.4. The lowest BCUT2D eigenvalue weighted by Crippen LogP contribution is -2.41. The lowest BCUT2D eigenvalue weighted by Gasteiger charge is -2.31. The summed E-state index contributed by atoms with van der Waals surface area (Å²) in [7, 11) is 1.66. The van der Waals surface area contributed by atoms with Gasteiger partial charge >= 0.3 is 0 Å². The Labute approximate surface area is 185 Å². The number of nitrogens with zero attached hydrogens (tertiary/aromatic N) is 2. The molecule has 0 unspecified atom stereocenters. The summed E-state index contributed by atoms with van der Waals surface area (Å²) in [4.78, 5) is 20.3. The molecule has 1 aliphatic rings. The molecule has 0 radical (unpaired) electrons. The van der Waals surface area contributed by atoms with Crippen molar-refractivity contribution in [3.05, 3.63) is 48.0 Å². The van der Waals surface area contributed by atoms with E-state index in [0.717, 1.165) is 47.7 Å². The van der Waals surface area contributed by atoms with E-state index in [9.17, 15) is 4.79 Å². The van der Waals surface area contributed by atoms with Crippen LogP contribution in [0.2, 0.25) is 0 Å². The number of thioether (sulfide) groups is 1. The number of likely N-dealkylation sites (tertiary alicyclic amines) is 1. The quantitative estimate of drug-likeness (QED) is 0.473. The fourth-order valence-corrected chi connectivity index (χ4v) is 5.23. The SMILES string of the molecule is COc1ccc2nc(OC3CCN(C(=O)CCSc4ccc(C)cc4)CC3)sc2c1. The van der Waals surface area contributed by atoms with Gasteiger partial charge in [0.1, 0.15) is 11.9 Å². The van der Waals surface area contributed by atoms with Crippen molar-refractivity contribution in [2.24, 2.45) is 0 Å². The van der Waals surface area contributed by atoms with Crippen molar-refractivity contribution in [3.63, 3.8) is 0 Å². The van der Waals surface area contributed by atoms with Gasteiger partial charge in [-0.15, -0.1) is 11.8 Å². The van der Waals surface area contributed by atoms with Crippen molar-refractivity contribution < 1.29 is 14.3 Å². The predicted octanol–water partition coefficient (Wildman–Crippen LogP) is 5.17. The number of hydrogen-bond acceptors (Lipinski definition) is 6. The maximum Gasteiger partial charge on any atom is 0.274 e. The highest BCUT2D eigenvalue weighted by Crippen LogP contribution is 2.32. The number of rotatable bonds is 7. The zero-order valence-corrected chi connectivity index (χ0v) is 18.9. The van der Waals surface area contributed by atoms with Gasteiger partial charge in [-0.2, -0.15) is 0 Å². The van der Waals surface area contributed by atoms with Crippen LogP contribution in [-0.4, -0.2) is 47.8 Å². The number of aromatic nitrogens is 1. The number of hydrogen-bond donors (Lipinski definition) is 0. The Balaban J connectivity index is 1.22. The van der Waals surface area contributed by atoms with Crippen LogP contribution in [0.4, 0.5) is 0 Å². The number of thiazole rings is 1. The van der Waals surface area contributed by atoms with Crippen LogP contribution in [0.25, 0.3) is 10.2 Å². The number of amides is 1. The Morgan fingerprint density at radius 1 is 1.20 bits per heavy atom. The van der Waals surface area contributed by atoms with Crippen LogP contribution in [0, 0.1) is 6.92 Å². The van der Waals surface area contributed by atoms with E-state index >= 15 is 0 Å². The summed E-state index contributed by atoms with van der Waals surface area (Å²) in [6, 6.07) is 14.3. The minimum absolute atomic E-state index is 0.110. The Morgan fingerprint density at radius 2 is 1.97 bits per heavy atom. The van der Waals surface area contributed by atoms with Crippen LogP contribution in [0.15, 0.2) is 47.4 Å². The largest absolute Gasteiger partial charge is 0.497 e. The summed E-state index contributed by atoms with van der Waals surface area (Å²) in [5.74, 6) is 1.87. The van der Waals surface area contributed by atoms with E-state index in [1.54, 1.807) is 30.2 Å². The predicted molar refractivity (Wildman–Crippen MR) is 123 cm³/mol. The van der Waals surface area contributed by atoms with E-state index in [1.807, 2.05) is 23.1 Å². The molecule has 0 atom stereocenters. The van der Waals surface area contributed by atoms with Gasteiger partial charge in [-0.05, 0) is 37.3 Å². The number of fused-ring (bicyclic) bond motifs is 1. The first-order valence-corrected chi connectivity index (χ1v) is 12.0. The molecule has 3 aromatic rings. The minimum atomic E-state index is 0.110. The molecule has 30 heavy (non-hydrogen) atoms. The van der Waals surface area contributed by atoms with E-state index < -0.39 is 0 Å². The molecule has 0 aliphatic carbocycles. The summed E-state index contributed by atoms with van der Waals surface area (Å²) in [6.07, 6.45) is 2.37. The third-order valence-corrected chi connectivity index (χ3v) is 7.17. The highest BCUT2D eigenvalue weighted by Gasteiger charge is 2.24. The average molecular weight is 443 g/mol. The van der Waals surface area contributed by atoms with Crippen LogP contribution in [0.5, 0.6) is 10.9 Å². The number of carbonyl (C=O) groups is 1. The first-order valence-electron chi connectivity index (χ1n) is 10.2. The molecule has 1 aromatic heterocycles. The molecular weight excluding hydrogens is 416 g/mol. The van der Waals surface area contributed by atoms with Crippen LogP contribution in [-0.2, 0) is 4.79 Å². The van der Waals surface area contributed by atoms with Gasteiger partial charge in [0, 0.05) is 43.0 Å². The third-order valence-electron chi connectivity index (χ3n) is 5.24. The van der Waals surface area contributed by atoms with Crippen molar-refractivity contribution in [1.29, 1.82) is 0 Å². The summed E-state index contributed by atoms with van der Waals surface area (Å²) >= 11 is 3.28. The molecule has 1 fully saturated rings. The van der Waals surface area contributed by atoms with Crippen molar-refractivity contribution in [2.75, 3.05) is 26.0 Å². The lowest BCUT2D eigenvalue weighted by atomic mass is 10.1. The normalized spacial score (nSPS) is 14.8. The fourth-order valence-electron chi connectivity index (χ4n) is 3.48. The van der Waals surface area contributed by atoms with Gasteiger partial charge in [0.15, 0.2) is 0 Å². The van der Waals surface area contributed by atoms with Crippen molar-refractivity contribution in [1.82, 2.24) is 9.88 Å². The smallest absolute Gasteiger partial charge is 0.274 e. The van der Waals surface area contributed by atoms with Crippen molar-refractivity contribution >= 4 is 39.2 Å². The lowest BCUT2D eigenvalue weighted by molar-refractivity contribution is -0.132. The Morgan fingerprint density at radius 3 is 2.70 bits per heavy atom. The molecule has 1 aliphatic heterocycles. The molecule has 1 saturated heterocycles. The van der Waals surface area contributed by atoms with Gasteiger partial charge in [-0.1, -0.05) is 29.0 Å². The number of piperidine rings is 1. The fraction of sp³-hybridized carbons (Fsp3) is 0.391. The van der Waals surface area contributed by atoms with E-state index in [1.165, 1.54) is 10.5 Å². The zero-order chi connectivity index (χ0) is 20.9. The minimum Gasteiger partial charge on any atom is -0.497 e. The Bertz CT molecular complexity index is 995. The standard InChI is InChI=1S/C23H26N2O3S2/c1-16-3-6-19(7-4-16)29-14-11-22(26)25-12-9-17(10-13-25)28-23-24-20-8-5-18(27-2)15-21(20)30-23/h3-8,15,17H,9-14H2,1-2H3. The highest BCUT2D eigenvalue weighted by molar-refractivity contribution is 7.99. The molecule has 0 saturated carbocycles. The summed E-state index contributed by atoms with van der Waals surface area (Å²) in [6.45, 7) is 3.58. The summed E-state index contributed by atoms with van der Waals surface area (Å²) in [5, 5.41) is 0.692. The van der Waals surface area contributed by atoms with Gasteiger partial charge in [0.05, 0.1) is 17.3 Å². The molecule has 158 valence electrons. The number of ether oxygens (including phenoxy) is 2. The second-order valence-corrected chi connectivity index (χ2v) is 9.58. The second-order valence-electron chi connectivity index (χ2n) is 7.42. The molecule has 0 bridgehead atoms. The first kappa shape index (κ1) is 21.0. The maximum absolute atomic E-state index is 12.5. The molecule has 5 nitrogen and oxygen atoms in total. The van der Waals surface area contributed by atoms with Crippen molar-refractivity contribution in [2.45, 2.75) is 37.2 Å². The molecule has 7 heteroatoms. The third kappa shape index (κ3) is 5.26. The molecular formula is C23H26N2O3S2. The first-order chi connectivity index (χ1) is 14.6. The Hall–Kier alpha value is -2.25. The van der Waals surface area contributed by atoms with Gasteiger partial charge in [-0.3, -0.25) is 4.79 Å². The van der Waals surface area contributed by atoms with Gasteiger partial charge in [-0.25, -0.2) is 4.98 Å². The number of methoxy groups -OCH3 is 1. The number of aryl methyl sites for hydroxylation is 1. The van der Waals surface area contributed by atoms with E-state index in [-0.39, 0.29) is 12.0 Å². The van der Waals surface area contributed by atoms with Gasteiger partial charge < -0.3 is 14.4 Å². The van der Waals surface area contributed by atoms with E-state index in [0.29, 0.717) is 11.6 Å². The second kappa shape index (κ2) is 9.71. The van der Waals surface area contributed by atoms with Crippen LogP contribution < -0.4 is 9.47 Å².